The second kappa shape index (κ2) is 6.87. The minimum absolute atomic E-state index is 0.0326. The molecule has 6 heteroatoms. The highest BCUT2D eigenvalue weighted by molar-refractivity contribution is 6.30. The van der Waals surface area contributed by atoms with Crippen molar-refractivity contribution in [3.05, 3.63) is 58.9 Å². The standard InChI is InChI=1S/C16H16ClN3O2/c17-12-3-1-11(2-4-12)16(21)20-13-5-6-14(19-9-13)15-10-18-7-8-22-15/h1-6,9,15,18H,7-8,10H2,(H,20,21). The Morgan fingerprint density at radius 2 is 2.09 bits per heavy atom. The van der Waals surface area contributed by atoms with E-state index in [0.29, 0.717) is 22.9 Å². The molecule has 1 aliphatic rings. The normalized spacial score (nSPS) is 18.0. The molecule has 5 nitrogen and oxygen atoms in total. The second-order valence-electron chi connectivity index (χ2n) is 5.00. The van der Waals surface area contributed by atoms with Crippen LogP contribution in [0, 0.1) is 0 Å². The number of aromatic nitrogens is 1. The van der Waals surface area contributed by atoms with E-state index in [9.17, 15) is 4.79 Å². The number of halogens is 1. The van der Waals surface area contributed by atoms with Crippen LogP contribution >= 0.6 is 11.6 Å². The fourth-order valence-corrected chi connectivity index (χ4v) is 2.36. The maximum absolute atomic E-state index is 12.1. The van der Waals surface area contributed by atoms with Gasteiger partial charge in [-0.05, 0) is 36.4 Å². The fraction of sp³-hybridized carbons (Fsp3) is 0.250. The molecule has 1 aliphatic heterocycles. The van der Waals surface area contributed by atoms with Gasteiger partial charge in [0.2, 0.25) is 0 Å². The quantitative estimate of drug-likeness (QED) is 0.913. The minimum atomic E-state index is -0.193. The molecule has 1 aromatic heterocycles. The SMILES string of the molecule is O=C(Nc1ccc(C2CNCCO2)nc1)c1ccc(Cl)cc1. The summed E-state index contributed by atoms with van der Waals surface area (Å²) in [7, 11) is 0. The number of rotatable bonds is 3. The highest BCUT2D eigenvalue weighted by Crippen LogP contribution is 2.18. The lowest BCUT2D eigenvalue weighted by molar-refractivity contribution is 0.0250. The molecule has 0 spiro atoms. The number of nitrogens with zero attached hydrogens (tertiary/aromatic N) is 1. The molecule has 3 rings (SSSR count). The zero-order valence-corrected chi connectivity index (χ0v) is 12.6. The molecule has 2 N–H and O–H groups in total. The van der Waals surface area contributed by atoms with Crippen LogP contribution in [-0.4, -0.2) is 30.6 Å². The lowest BCUT2D eigenvalue weighted by atomic mass is 10.2. The summed E-state index contributed by atoms with van der Waals surface area (Å²) < 4.78 is 5.64. The van der Waals surface area contributed by atoms with Gasteiger partial charge in [-0.25, -0.2) is 0 Å². The number of carbonyl (C=O) groups is 1. The Balaban J connectivity index is 1.65. The Morgan fingerprint density at radius 3 is 2.73 bits per heavy atom. The van der Waals surface area contributed by atoms with Crippen molar-refractivity contribution in [3.8, 4) is 0 Å². The fourth-order valence-electron chi connectivity index (χ4n) is 2.23. The van der Waals surface area contributed by atoms with E-state index in [2.05, 4.69) is 15.6 Å². The van der Waals surface area contributed by atoms with Gasteiger partial charge in [0.25, 0.3) is 5.91 Å². The van der Waals surface area contributed by atoms with Crippen molar-refractivity contribution in [2.45, 2.75) is 6.10 Å². The Bertz CT molecular complexity index is 637. The maximum Gasteiger partial charge on any atom is 0.255 e. The van der Waals surface area contributed by atoms with Crippen LogP contribution in [0.5, 0.6) is 0 Å². The molecule has 2 aromatic rings. The van der Waals surface area contributed by atoms with Crippen molar-refractivity contribution in [2.24, 2.45) is 0 Å². The molecule has 0 aliphatic carbocycles. The van der Waals surface area contributed by atoms with E-state index in [1.165, 1.54) is 0 Å². The lowest BCUT2D eigenvalue weighted by Gasteiger charge is -2.23. The van der Waals surface area contributed by atoms with Crippen LogP contribution in [0.25, 0.3) is 0 Å². The highest BCUT2D eigenvalue weighted by Gasteiger charge is 2.16. The van der Waals surface area contributed by atoms with E-state index in [1.807, 2.05) is 12.1 Å². The summed E-state index contributed by atoms with van der Waals surface area (Å²) in [6.45, 7) is 2.30. The van der Waals surface area contributed by atoms with Crippen molar-refractivity contribution in [3.63, 3.8) is 0 Å². The largest absolute Gasteiger partial charge is 0.369 e. The molecule has 2 heterocycles. The van der Waals surface area contributed by atoms with Crippen LogP contribution in [0.4, 0.5) is 5.69 Å². The molecule has 0 radical (unpaired) electrons. The number of nitrogens with one attached hydrogen (secondary N) is 2. The minimum Gasteiger partial charge on any atom is -0.369 e. The summed E-state index contributed by atoms with van der Waals surface area (Å²) in [5.41, 5.74) is 2.05. The molecule has 0 saturated carbocycles. The van der Waals surface area contributed by atoms with Gasteiger partial charge in [-0.15, -0.1) is 0 Å². The Morgan fingerprint density at radius 1 is 1.27 bits per heavy atom. The number of pyridine rings is 1. The molecule has 1 unspecified atom stereocenters. The second-order valence-corrected chi connectivity index (χ2v) is 5.43. The first kappa shape index (κ1) is 15.0. The maximum atomic E-state index is 12.1. The summed E-state index contributed by atoms with van der Waals surface area (Å²) in [4.78, 5) is 16.5. The Kier molecular flexibility index (Phi) is 4.68. The smallest absolute Gasteiger partial charge is 0.255 e. The number of benzene rings is 1. The van der Waals surface area contributed by atoms with Crippen molar-refractivity contribution in [1.82, 2.24) is 10.3 Å². The van der Waals surface area contributed by atoms with Gasteiger partial charge < -0.3 is 15.4 Å². The van der Waals surface area contributed by atoms with Crippen LogP contribution in [0.15, 0.2) is 42.6 Å². The van der Waals surface area contributed by atoms with Crippen molar-refractivity contribution < 1.29 is 9.53 Å². The first-order valence-electron chi connectivity index (χ1n) is 7.07. The van der Waals surface area contributed by atoms with Crippen molar-refractivity contribution in [1.29, 1.82) is 0 Å². The van der Waals surface area contributed by atoms with Gasteiger partial charge in [-0.3, -0.25) is 9.78 Å². The van der Waals surface area contributed by atoms with E-state index in [0.717, 1.165) is 18.8 Å². The van der Waals surface area contributed by atoms with Crippen LogP contribution in [0.1, 0.15) is 22.2 Å². The number of hydrogen-bond acceptors (Lipinski definition) is 4. The molecule has 22 heavy (non-hydrogen) atoms. The summed E-state index contributed by atoms with van der Waals surface area (Å²) in [6.07, 6.45) is 1.61. The predicted octanol–water partition coefficient (Wildman–Crippen LogP) is 2.65. The average Bonchev–Trinajstić information content (AvgIpc) is 2.57. The zero-order chi connectivity index (χ0) is 15.4. The average molecular weight is 318 g/mol. The zero-order valence-electron chi connectivity index (χ0n) is 11.9. The number of amides is 1. The van der Waals surface area contributed by atoms with E-state index < -0.39 is 0 Å². The van der Waals surface area contributed by atoms with Gasteiger partial charge in [0.15, 0.2) is 0 Å². The third-order valence-electron chi connectivity index (χ3n) is 3.41. The first-order chi connectivity index (χ1) is 10.7. The van der Waals surface area contributed by atoms with Crippen LogP contribution in [0.2, 0.25) is 5.02 Å². The summed E-state index contributed by atoms with van der Waals surface area (Å²) in [5.74, 6) is -0.193. The number of anilines is 1. The number of carbonyl (C=O) groups excluding carboxylic acids is 1. The van der Waals surface area contributed by atoms with Crippen molar-refractivity contribution in [2.75, 3.05) is 25.0 Å². The highest BCUT2D eigenvalue weighted by atomic mass is 35.5. The molecule has 114 valence electrons. The van der Waals surface area contributed by atoms with Gasteiger partial charge in [-0.1, -0.05) is 11.6 Å². The number of morpholine rings is 1. The van der Waals surface area contributed by atoms with Gasteiger partial charge in [0.05, 0.1) is 24.2 Å². The predicted molar refractivity (Wildman–Crippen MR) is 85.2 cm³/mol. The molecule has 0 bridgehead atoms. The molecular formula is C16H16ClN3O2. The van der Waals surface area contributed by atoms with Crippen LogP contribution < -0.4 is 10.6 Å². The third kappa shape index (κ3) is 3.62. The van der Waals surface area contributed by atoms with E-state index in [1.54, 1.807) is 30.5 Å². The summed E-state index contributed by atoms with van der Waals surface area (Å²) in [5, 5.41) is 6.67. The van der Waals surface area contributed by atoms with E-state index >= 15 is 0 Å². The molecule has 1 aromatic carbocycles. The Labute approximate surface area is 133 Å². The van der Waals surface area contributed by atoms with E-state index in [4.69, 9.17) is 16.3 Å². The van der Waals surface area contributed by atoms with E-state index in [-0.39, 0.29) is 12.0 Å². The number of hydrogen-bond donors (Lipinski definition) is 2. The number of ether oxygens (including phenoxy) is 1. The lowest BCUT2D eigenvalue weighted by Crippen LogP contribution is -2.33. The monoisotopic (exact) mass is 317 g/mol. The van der Waals surface area contributed by atoms with Crippen molar-refractivity contribution >= 4 is 23.2 Å². The molecule has 1 fully saturated rings. The third-order valence-corrected chi connectivity index (χ3v) is 3.66. The summed E-state index contributed by atoms with van der Waals surface area (Å²) in [6, 6.07) is 10.4. The topological polar surface area (TPSA) is 63.2 Å². The molecule has 1 saturated heterocycles. The van der Waals surface area contributed by atoms with Crippen LogP contribution in [0.3, 0.4) is 0 Å². The summed E-state index contributed by atoms with van der Waals surface area (Å²) >= 11 is 5.81. The van der Waals surface area contributed by atoms with Gasteiger partial charge in [-0.2, -0.15) is 0 Å². The molecule has 1 atom stereocenters. The molecular weight excluding hydrogens is 302 g/mol. The molecule has 1 amide bonds. The Hall–Kier alpha value is -1.95. The van der Waals surface area contributed by atoms with Gasteiger partial charge >= 0.3 is 0 Å². The van der Waals surface area contributed by atoms with Crippen LogP contribution in [-0.2, 0) is 4.74 Å². The van der Waals surface area contributed by atoms with Gasteiger partial charge in [0, 0.05) is 23.7 Å². The van der Waals surface area contributed by atoms with Gasteiger partial charge in [0.1, 0.15) is 6.10 Å². The first-order valence-corrected chi connectivity index (χ1v) is 7.45.